The first-order valence-corrected chi connectivity index (χ1v) is 19.0. The number of benzene rings is 2. The van der Waals surface area contributed by atoms with E-state index < -0.39 is 29.7 Å². The van der Waals surface area contributed by atoms with Crippen molar-refractivity contribution < 1.29 is 33.5 Å². The molecule has 14 nitrogen and oxygen atoms in total. The Bertz CT molecular complexity index is 2250. The number of piperidine rings is 2. The van der Waals surface area contributed by atoms with Gasteiger partial charge in [-0.25, -0.2) is 4.98 Å². The lowest BCUT2D eigenvalue weighted by Gasteiger charge is -2.35. The number of carbonyl (C=O) groups is 6. The number of aromatic nitrogens is 2. The maximum atomic E-state index is 13.3. The number of aryl methyl sites for hydroxylation is 1. The number of amides is 6. The van der Waals surface area contributed by atoms with Crippen LogP contribution in [-0.4, -0.2) is 107 Å². The molecule has 6 heterocycles. The maximum absolute atomic E-state index is 13.3. The van der Waals surface area contributed by atoms with Gasteiger partial charge in [0.25, 0.3) is 11.8 Å². The van der Waals surface area contributed by atoms with Gasteiger partial charge < -0.3 is 24.4 Å². The molecule has 0 radical (unpaired) electrons. The second-order valence-corrected chi connectivity index (χ2v) is 14.7. The third-order valence-electron chi connectivity index (χ3n) is 11.0. The van der Waals surface area contributed by atoms with Gasteiger partial charge in [-0.3, -0.25) is 39.0 Å². The van der Waals surface area contributed by atoms with Gasteiger partial charge in [0.05, 0.1) is 35.3 Å². The smallest absolute Gasteiger partial charge is 0.262 e. The number of imide groups is 2. The Morgan fingerprint density at radius 2 is 1.73 bits per heavy atom. The second-order valence-electron chi connectivity index (χ2n) is 14.3. The summed E-state index contributed by atoms with van der Waals surface area (Å²) in [7, 11) is 0. The van der Waals surface area contributed by atoms with Crippen LogP contribution in [0.5, 0.6) is 0 Å². The van der Waals surface area contributed by atoms with Crippen molar-refractivity contribution in [3.63, 3.8) is 0 Å². The average molecular weight is 766 g/mol. The van der Waals surface area contributed by atoms with Crippen molar-refractivity contribution in [2.75, 3.05) is 49.1 Å². The van der Waals surface area contributed by atoms with E-state index in [1.807, 2.05) is 30.5 Å². The molecule has 4 aliphatic rings. The monoisotopic (exact) mass is 765 g/mol. The molecule has 55 heavy (non-hydrogen) atoms. The van der Waals surface area contributed by atoms with E-state index in [4.69, 9.17) is 16.3 Å². The fourth-order valence-electron chi connectivity index (χ4n) is 8.01. The summed E-state index contributed by atoms with van der Waals surface area (Å²) >= 11 is 6.87. The summed E-state index contributed by atoms with van der Waals surface area (Å²) in [5, 5.41) is 3.74. The Morgan fingerprint density at radius 3 is 2.49 bits per heavy atom. The van der Waals surface area contributed by atoms with Gasteiger partial charge in [-0.1, -0.05) is 30.7 Å². The SMILES string of the molecule is CCc1c[nH]c2ncc(-c3cccc(N4CCN(C(=O)CCOC5CCN(c6ccc7c(c6)C(=O)N(C6CCC(=O)NC6=O)C7=O)CC5)CC4=O)c3)c(Cl)c12. The number of rotatable bonds is 9. The van der Waals surface area contributed by atoms with Crippen molar-refractivity contribution in [2.24, 2.45) is 0 Å². The Morgan fingerprint density at radius 1 is 0.927 bits per heavy atom. The number of nitrogens with zero attached hydrogens (tertiary/aromatic N) is 5. The molecule has 0 aliphatic carbocycles. The molecule has 0 spiro atoms. The normalized spacial score (nSPS) is 19.5. The molecule has 2 aromatic heterocycles. The number of hydrogen-bond acceptors (Lipinski definition) is 9. The summed E-state index contributed by atoms with van der Waals surface area (Å²) in [4.78, 5) is 90.9. The van der Waals surface area contributed by atoms with Crippen LogP contribution in [0.1, 0.15) is 65.3 Å². The lowest BCUT2D eigenvalue weighted by molar-refractivity contribution is -0.138. The van der Waals surface area contributed by atoms with E-state index in [2.05, 4.69) is 27.1 Å². The van der Waals surface area contributed by atoms with Crippen LogP contribution in [0, 0.1) is 0 Å². The molecule has 6 amide bonds. The van der Waals surface area contributed by atoms with E-state index >= 15 is 0 Å². The number of halogens is 1. The first kappa shape index (κ1) is 36.4. The second kappa shape index (κ2) is 14.9. The van der Waals surface area contributed by atoms with Gasteiger partial charge in [-0.15, -0.1) is 0 Å². The van der Waals surface area contributed by atoms with Crippen molar-refractivity contribution in [3.05, 3.63) is 76.6 Å². The third-order valence-corrected chi connectivity index (χ3v) is 11.4. The largest absolute Gasteiger partial charge is 0.378 e. The molecule has 2 aromatic carbocycles. The van der Waals surface area contributed by atoms with E-state index in [1.165, 1.54) is 0 Å². The van der Waals surface area contributed by atoms with Crippen LogP contribution in [0.15, 0.2) is 54.9 Å². The molecule has 0 saturated carbocycles. The first-order valence-electron chi connectivity index (χ1n) is 18.7. The van der Waals surface area contributed by atoms with Crippen LogP contribution in [0.25, 0.3) is 22.2 Å². The zero-order chi connectivity index (χ0) is 38.4. The van der Waals surface area contributed by atoms with E-state index in [0.717, 1.165) is 50.4 Å². The van der Waals surface area contributed by atoms with Crippen LogP contribution in [0.2, 0.25) is 5.02 Å². The Labute approximate surface area is 321 Å². The van der Waals surface area contributed by atoms with Crippen LogP contribution < -0.4 is 15.1 Å². The van der Waals surface area contributed by atoms with Crippen LogP contribution in [-0.2, 0) is 30.3 Å². The molecule has 8 rings (SSSR count). The van der Waals surface area contributed by atoms with Gasteiger partial charge in [0.15, 0.2) is 0 Å². The highest BCUT2D eigenvalue weighted by Gasteiger charge is 2.45. The molecule has 284 valence electrons. The van der Waals surface area contributed by atoms with Crippen LogP contribution in [0.3, 0.4) is 0 Å². The van der Waals surface area contributed by atoms with Gasteiger partial charge in [-0.2, -0.15) is 0 Å². The zero-order valence-corrected chi connectivity index (χ0v) is 31.1. The standard InChI is InChI=1S/C40H40ClN7O7/c1-2-23-20-42-37-35(23)36(41)30(21-43-37)24-4-3-5-26(18-24)47-16-15-46(22-34(47)51)33(50)12-17-55-27-10-13-45(14-11-27)25-6-7-28-29(19-25)40(54)48(39(28)53)31-8-9-32(49)44-38(31)52/h3-7,18-21,27,31H,2,8-17,22H2,1H3,(H,42,43)(H,44,49,52). The Hall–Kier alpha value is -5.60. The molecular formula is C40H40ClN7O7. The molecular weight excluding hydrogens is 726 g/mol. The maximum Gasteiger partial charge on any atom is 0.262 e. The van der Waals surface area contributed by atoms with Gasteiger partial charge in [-0.05, 0) is 67.1 Å². The number of nitrogens with one attached hydrogen (secondary N) is 2. The summed E-state index contributed by atoms with van der Waals surface area (Å²) in [6, 6.07) is 11.8. The van der Waals surface area contributed by atoms with E-state index in [0.29, 0.717) is 44.0 Å². The molecule has 15 heteroatoms. The molecule has 1 unspecified atom stereocenters. The molecule has 1 atom stereocenters. The number of anilines is 2. The fraction of sp³-hybridized carbons (Fsp3) is 0.375. The van der Waals surface area contributed by atoms with Crippen molar-refractivity contribution in [1.29, 1.82) is 0 Å². The molecule has 3 fully saturated rings. The number of ether oxygens (including phenoxy) is 1. The van der Waals surface area contributed by atoms with Gasteiger partial charge >= 0.3 is 0 Å². The number of fused-ring (bicyclic) bond motifs is 2. The minimum Gasteiger partial charge on any atom is -0.378 e. The van der Waals surface area contributed by atoms with Crippen molar-refractivity contribution in [1.82, 2.24) is 25.1 Å². The van der Waals surface area contributed by atoms with Crippen molar-refractivity contribution >= 4 is 69.5 Å². The fourth-order valence-corrected chi connectivity index (χ4v) is 8.38. The predicted octanol–water partition coefficient (Wildman–Crippen LogP) is 4.10. The lowest BCUT2D eigenvalue weighted by atomic mass is 10.0. The van der Waals surface area contributed by atoms with Gasteiger partial charge in [0.2, 0.25) is 23.6 Å². The summed E-state index contributed by atoms with van der Waals surface area (Å²) in [5.74, 6) is -2.42. The molecule has 4 aliphatic heterocycles. The minimum atomic E-state index is -1.01. The number of H-pyrrole nitrogens is 1. The highest BCUT2D eigenvalue weighted by molar-refractivity contribution is 6.38. The topological polar surface area (TPSA) is 165 Å². The van der Waals surface area contributed by atoms with Crippen molar-refractivity contribution in [2.45, 2.75) is 57.6 Å². The van der Waals surface area contributed by atoms with Crippen LogP contribution in [0.4, 0.5) is 11.4 Å². The van der Waals surface area contributed by atoms with Gasteiger partial charge in [0, 0.05) is 67.3 Å². The predicted molar refractivity (Wildman–Crippen MR) is 204 cm³/mol. The summed E-state index contributed by atoms with van der Waals surface area (Å²) in [5.41, 5.74) is 5.49. The van der Waals surface area contributed by atoms with Crippen molar-refractivity contribution in [3.8, 4) is 11.1 Å². The molecule has 2 N–H and O–H groups in total. The highest BCUT2D eigenvalue weighted by Crippen LogP contribution is 2.37. The number of pyridine rings is 1. The number of aromatic amines is 1. The number of hydrogen-bond donors (Lipinski definition) is 2. The minimum absolute atomic E-state index is 0.0148. The summed E-state index contributed by atoms with van der Waals surface area (Å²) < 4.78 is 6.10. The van der Waals surface area contributed by atoms with E-state index in [1.54, 1.807) is 34.2 Å². The summed E-state index contributed by atoms with van der Waals surface area (Å²) in [6.07, 6.45) is 6.18. The summed E-state index contributed by atoms with van der Waals surface area (Å²) in [6.45, 7) is 4.37. The van der Waals surface area contributed by atoms with E-state index in [9.17, 15) is 28.8 Å². The highest BCUT2D eigenvalue weighted by atomic mass is 35.5. The Kier molecular flexibility index (Phi) is 9.86. The lowest BCUT2D eigenvalue weighted by Crippen LogP contribution is -2.54. The Balaban J connectivity index is 0.808. The average Bonchev–Trinajstić information content (AvgIpc) is 3.73. The molecule has 3 saturated heterocycles. The van der Waals surface area contributed by atoms with Gasteiger partial charge in [0.1, 0.15) is 18.2 Å². The zero-order valence-electron chi connectivity index (χ0n) is 30.3. The first-order chi connectivity index (χ1) is 26.6. The van der Waals surface area contributed by atoms with E-state index in [-0.39, 0.29) is 61.5 Å². The third kappa shape index (κ3) is 6.84. The number of piperazine rings is 1. The number of carbonyl (C=O) groups excluding carboxylic acids is 6. The molecule has 4 aromatic rings. The quantitative estimate of drug-likeness (QED) is 0.239. The van der Waals surface area contributed by atoms with Crippen LogP contribution >= 0.6 is 11.6 Å². The molecule has 0 bridgehead atoms.